The maximum absolute atomic E-state index is 13.2. The first kappa shape index (κ1) is 26.7. The van der Waals surface area contributed by atoms with Crippen LogP contribution in [0.15, 0.2) is 45.8 Å². The highest BCUT2D eigenvalue weighted by Crippen LogP contribution is 2.31. The summed E-state index contributed by atoms with van der Waals surface area (Å²) < 4.78 is 34.4. The molecular formula is C23H27BrCl2N4O4S. The molecule has 0 radical (unpaired) electrons. The molecule has 2 heterocycles. The lowest BCUT2D eigenvalue weighted by atomic mass is 10.2. The zero-order valence-electron chi connectivity index (χ0n) is 19.0. The molecule has 0 saturated carbocycles. The minimum Gasteiger partial charge on any atom is -0.488 e. The van der Waals surface area contributed by atoms with Crippen molar-refractivity contribution in [2.45, 2.75) is 17.4 Å². The summed E-state index contributed by atoms with van der Waals surface area (Å²) in [6.45, 7) is 4.70. The number of piperazine rings is 1. The molecule has 12 heteroatoms. The number of hydrogen-bond donors (Lipinski definition) is 2. The van der Waals surface area contributed by atoms with E-state index in [1.54, 1.807) is 30.3 Å². The molecule has 0 aromatic heterocycles. The Morgan fingerprint density at radius 3 is 2.54 bits per heavy atom. The van der Waals surface area contributed by atoms with Gasteiger partial charge in [0.15, 0.2) is 0 Å². The van der Waals surface area contributed by atoms with Crippen LogP contribution in [0, 0.1) is 0 Å². The van der Waals surface area contributed by atoms with E-state index in [1.807, 2.05) is 0 Å². The van der Waals surface area contributed by atoms with Crippen LogP contribution in [0.5, 0.6) is 5.75 Å². The van der Waals surface area contributed by atoms with Crippen LogP contribution in [-0.4, -0.2) is 82.0 Å². The first-order valence-electron chi connectivity index (χ1n) is 11.4. The van der Waals surface area contributed by atoms with E-state index in [9.17, 15) is 13.2 Å². The Labute approximate surface area is 224 Å². The second kappa shape index (κ2) is 11.8. The Hall–Kier alpha value is -1.40. The van der Waals surface area contributed by atoms with Gasteiger partial charge in [0.1, 0.15) is 11.9 Å². The quantitative estimate of drug-likeness (QED) is 0.480. The summed E-state index contributed by atoms with van der Waals surface area (Å²) in [4.78, 5) is 14.7. The standard InChI is InChI=1S/C23H27BrCl2N4O4S/c24-19-14-18(2-4-22(19)34-17-5-6-27-15-17)35(32,33)30-11-9-29(10-12-30)8-7-28-23(31)16-1-3-20(25)21(26)13-16/h1-4,13-14,17,27H,5-12,15H2,(H,28,31). The average Bonchev–Trinajstić information content (AvgIpc) is 3.35. The maximum Gasteiger partial charge on any atom is 0.251 e. The number of amides is 1. The fraction of sp³-hybridized carbons (Fsp3) is 0.435. The lowest BCUT2D eigenvalue weighted by molar-refractivity contribution is 0.0945. The fourth-order valence-corrected chi connectivity index (χ4v) is 6.43. The molecule has 190 valence electrons. The molecule has 2 aliphatic heterocycles. The second-order valence-corrected chi connectivity index (χ2v) is 12.1. The van der Waals surface area contributed by atoms with Crippen molar-refractivity contribution in [1.82, 2.24) is 19.8 Å². The SMILES string of the molecule is O=C(NCCN1CCN(S(=O)(=O)c2ccc(OC3CCNC3)c(Br)c2)CC1)c1ccc(Cl)c(Cl)c1. The Bertz CT molecular complexity index is 1170. The summed E-state index contributed by atoms with van der Waals surface area (Å²) in [7, 11) is -3.61. The van der Waals surface area contributed by atoms with Crippen LogP contribution in [0.1, 0.15) is 16.8 Å². The third kappa shape index (κ3) is 6.68. The van der Waals surface area contributed by atoms with Gasteiger partial charge in [-0.15, -0.1) is 0 Å². The number of rotatable bonds is 8. The molecule has 0 bridgehead atoms. The van der Waals surface area contributed by atoms with Crippen molar-refractivity contribution in [1.29, 1.82) is 0 Å². The van der Waals surface area contributed by atoms with E-state index in [0.29, 0.717) is 65.1 Å². The highest BCUT2D eigenvalue weighted by atomic mass is 79.9. The average molecular weight is 606 g/mol. The minimum atomic E-state index is -3.61. The van der Waals surface area contributed by atoms with Crippen LogP contribution in [0.4, 0.5) is 0 Å². The predicted octanol–water partition coefficient (Wildman–Crippen LogP) is 3.23. The van der Waals surface area contributed by atoms with Crippen molar-refractivity contribution in [3.8, 4) is 5.75 Å². The Balaban J connectivity index is 1.26. The molecule has 2 fully saturated rings. The van der Waals surface area contributed by atoms with Crippen LogP contribution in [0.3, 0.4) is 0 Å². The number of halogens is 3. The third-order valence-electron chi connectivity index (χ3n) is 6.08. The van der Waals surface area contributed by atoms with Crippen LogP contribution < -0.4 is 15.4 Å². The summed E-state index contributed by atoms with van der Waals surface area (Å²) in [5, 5.41) is 6.84. The monoisotopic (exact) mass is 604 g/mol. The Morgan fingerprint density at radius 1 is 1.11 bits per heavy atom. The molecule has 1 amide bonds. The van der Waals surface area contributed by atoms with E-state index in [-0.39, 0.29) is 16.9 Å². The highest BCUT2D eigenvalue weighted by molar-refractivity contribution is 9.10. The number of nitrogens with zero attached hydrogens (tertiary/aromatic N) is 2. The zero-order chi connectivity index (χ0) is 25.0. The van der Waals surface area contributed by atoms with E-state index >= 15 is 0 Å². The van der Waals surface area contributed by atoms with Crippen molar-refractivity contribution in [2.75, 3.05) is 52.4 Å². The van der Waals surface area contributed by atoms with E-state index in [1.165, 1.54) is 10.4 Å². The number of carbonyl (C=O) groups excluding carboxylic acids is 1. The molecule has 2 aliphatic rings. The summed E-state index contributed by atoms with van der Waals surface area (Å²) >= 11 is 15.3. The largest absolute Gasteiger partial charge is 0.488 e. The molecule has 35 heavy (non-hydrogen) atoms. The molecule has 2 aromatic rings. The van der Waals surface area contributed by atoms with Crippen molar-refractivity contribution in [2.24, 2.45) is 0 Å². The summed E-state index contributed by atoms with van der Waals surface area (Å²) in [6, 6.07) is 9.66. The van der Waals surface area contributed by atoms with Gasteiger partial charge in [-0.1, -0.05) is 23.2 Å². The fourth-order valence-electron chi connectivity index (χ4n) is 4.06. The van der Waals surface area contributed by atoms with Gasteiger partial charge in [-0.05, 0) is 65.3 Å². The molecule has 0 spiro atoms. The molecule has 1 atom stereocenters. The number of ether oxygens (including phenoxy) is 1. The predicted molar refractivity (Wildman–Crippen MR) is 140 cm³/mol. The van der Waals surface area contributed by atoms with Gasteiger partial charge in [0, 0.05) is 51.4 Å². The topological polar surface area (TPSA) is 91.0 Å². The summed E-state index contributed by atoms with van der Waals surface area (Å²) in [6.07, 6.45) is 1.02. The molecule has 2 aromatic carbocycles. The van der Waals surface area contributed by atoms with E-state index in [4.69, 9.17) is 27.9 Å². The maximum atomic E-state index is 13.2. The molecule has 1 unspecified atom stereocenters. The van der Waals surface area contributed by atoms with Gasteiger partial charge in [0.25, 0.3) is 5.91 Å². The summed E-state index contributed by atoms with van der Waals surface area (Å²) in [5.74, 6) is 0.414. The van der Waals surface area contributed by atoms with Gasteiger partial charge in [-0.25, -0.2) is 8.42 Å². The van der Waals surface area contributed by atoms with E-state index < -0.39 is 10.0 Å². The smallest absolute Gasteiger partial charge is 0.251 e. The Morgan fingerprint density at radius 2 is 1.89 bits per heavy atom. The first-order valence-corrected chi connectivity index (χ1v) is 14.4. The van der Waals surface area contributed by atoms with Crippen molar-refractivity contribution in [3.05, 3.63) is 56.5 Å². The lowest BCUT2D eigenvalue weighted by Gasteiger charge is -2.34. The van der Waals surface area contributed by atoms with Crippen LogP contribution in [-0.2, 0) is 10.0 Å². The first-order chi connectivity index (χ1) is 16.7. The summed E-state index contributed by atoms with van der Waals surface area (Å²) in [5.41, 5.74) is 0.442. The molecule has 2 N–H and O–H groups in total. The zero-order valence-corrected chi connectivity index (χ0v) is 22.9. The van der Waals surface area contributed by atoms with Gasteiger partial charge < -0.3 is 15.4 Å². The van der Waals surface area contributed by atoms with Gasteiger partial charge in [-0.3, -0.25) is 9.69 Å². The van der Waals surface area contributed by atoms with Gasteiger partial charge in [0.05, 0.1) is 19.4 Å². The van der Waals surface area contributed by atoms with Crippen molar-refractivity contribution < 1.29 is 17.9 Å². The number of sulfonamides is 1. The van der Waals surface area contributed by atoms with Gasteiger partial charge in [0.2, 0.25) is 10.0 Å². The minimum absolute atomic E-state index is 0.0932. The molecule has 8 nitrogen and oxygen atoms in total. The second-order valence-electron chi connectivity index (χ2n) is 8.46. The number of nitrogens with one attached hydrogen (secondary N) is 2. The Kier molecular flexibility index (Phi) is 8.96. The number of hydrogen-bond acceptors (Lipinski definition) is 6. The number of benzene rings is 2. The van der Waals surface area contributed by atoms with Crippen LogP contribution in [0.2, 0.25) is 10.0 Å². The molecular weight excluding hydrogens is 579 g/mol. The molecule has 4 rings (SSSR count). The lowest BCUT2D eigenvalue weighted by Crippen LogP contribution is -2.50. The van der Waals surface area contributed by atoms with Crippen LogP contribution >= 0.6 is 39.1 Å². The highest BCUT2D eigenvalue weighted by Gasteiger charge is 2.29. The van der Waals surface area contributed by atoms with E-state index in [2.05, 4.69) is 31.5 Å². The molecule has 0 aliphatic carbocycles. The normalized spacial score (nSPS) is 19.6. The third-order valence-corrected chi connectivity index (χ3v) is 9.33. The van der Waals surface area contributed by atoms with Crippen molar-refractivity contribution in [3.63, 3.8) is 0 Å². The van der Waals surface area contributed by atoms with Crippen LogP contribution in [0.25, 0.3) is 0 Å². The van der Waals surface area contributed by atoms with Gasteiger partial charge >= 0.3 is 0 Å². The number of carbonyl (C=O) groups is 1. The molecule has 2 saturated heterocycles. The van der Waals surface area contributed by atoms with E-state index in [0.717, 1.165) is 19.5 Å². The van der Waals surface area contributed by atoms with Gasteiger partial charge in [-0.2, -0.15) is 4.31 Å². The van der Waals surface area contributed by atoms with Crippen molar-refractivity contribution >= 4 is 55.1 Å².